The number of hydrogen-bond acceptors (Lipinski definition) is 2. The summed E-state index contributed by atoms with van der Waals surface area (Å²) in [4.78, 5) is 0. The van der Waals surface area contributed by atoms with Crippen LogP contribution in [-0.4, -0.2) is 17.3 Å². The van der Waals surface area contributed by atoms with E-state index in [1.807, 2.05) is 0 Å². The Kier molecular flexibility index (Phi) is 2.32. The van der Waals surface area contributed by atoms with Gasteiger partial charge < -0.3 is 10.8 Å². The van der Waals surface area contributed by atoms with Gasteiger partial charge in [0.25, 0.3) is 0 Å². The second kappa shape index (κ2) is 2.89. The van der Waals surface area contributed by atoms with Crippen molar-refractivity contribution in [2.45, 2.75) is 38.2 Å². The molecule has 0 heterocycles. The fourth-order valence-corrected chi connectivity index (χ4v) is 1.82. The molecular weight excluding hydrogens is 126 g/mol. The zero-order valence-electron chi connectivity index (χ0n) is 6.64. The molecule has 1 aliphatic carbocycles. The Labute approximate surface area is 62.4 Å². The van der Waals surface area contributed by atoms with Gasteiger partial charge >= 0.3 is 0 Å². The van der Waals surface area contributed by atoms with Crippen LogP contribution in [0, 0.1) is 5.92 Å². The van der Waals surface area contributed by atoms with Crippen molar-refractivity contribution < 1.29 is 5.11 Å². The van der Waals surface area contributed by atoms with Crippen molar-refractivity contribution in [2.24, 2.45) is 11.7 Å². The SMILES string of the molecule is CC1CCCC(O)(CN)C1. The summed E-state index contributed by atoms with van der Waals surface area (Å²) in [6.45, 7) is 2.61. The number of hydrogen-bond donors (Lipinski definition) is 2. The molecule has 0 amide bonds. The summed E-state index contributed by atoms with van der Waals surface area (Å²) in [5, 5.41) is 9.73. The van der Waals surface area contributed by atoms with E-state index in [1.165, 1.54) is 6.42 Å². The van der Waals surface area contributed by atoms with Crippen molar-refractivity contribution in [1.82, 2.24) is 0 Å². The molecule has 2 nitrogen and oxygen atoms in total. The second-order valence-corrected chi connectivity index (χ2v) is 3.63. The van der Waals surface area contributed by atoms with Gasteiger partial charge in [-0.05, 0) is 18.8 Å². The molecule has 1 saturated carbocycles. The summed E-state index contributed by atoms with van der Waals surface area (Å²) in [7, 11) is 0. The molecule has 0 aliphatic heterocycles. The standard InChI is InChI=1S/C8H17NO/c1-7-3-2-4-8(10,5-7)6-9/h7,10H,2-6,9H2,1H3. The van der Waals surface area contributed by atoms with Gasteiger partial charge in [0.15, 0.2) is 0 Å². The molecule has 3 N–H and O–H groups in total. The number of rotatable bonds is 1. The van der Waals surface area contributed by atoms with Crippen LogP contribution in [0.4, 0.5) is 0 Å². The van der Waals surface area contributed by atoms with Crippen LogP contribution < -0.4 is 5.73 Å². The molecule has 0 aromatic rings. The van der Waals surface area contributed by atoms with E-state index >= 15 is 0 Å². The zero-order chi connectivity index (χ0) is 7.61. The summed E-state index contributed by atoms with van der Waals surface area (Å²) in [5.74, 6) is 0.655. The zero-order valence-corrected chi connectivity index (χ0v) is 6.64. The molecule has 0 bridgehead atoms. The smallest absolute Gasteiger partial charge is 0.0772 e. The lowest BCUT2D eigenvalue weighted by Gasteiger charge is -2.34. The van der Waals surface area contributed by atoms with Crippen LogP contribution in [0.3, 0.4) is 0 Å². The van der Waals surface area contributed by atoms with Gasteiger partial charge in [-0.2, -0.15) is 0 Å². The van der Waals surface area contributed by atoms with Gasteiger partial charge in [-0.25, -0.2) is 0 Å². The fourth-order valence-electron chi connectivity index (χ4n) is 1.82. The first-order valence-corrected chi connectivity index (χ1v) is 4.09. The Morgan fingerprint density at radius 3 is 2.80 bits per heavy atom. The van der Waals surface area contributed by atoms with E-state index in [9.17, 15) is 5.11 Å². The molecule has 60 valence electrons. The first kappa shape index (κ1) is 8.02. The predicted molar refractivity (Wildman–Crippen MR) is 41.6 cm³/mol. The molecular formula is C8H17NO. The summed E-state index contributed by atoms with van der Waals surface area (Å²) in [5.41, 5.74) is 4.92. The summed E-state index contributed by atoms with van der Waals surface area (Å²) in [6, 6.07) is 0. The van der Waals surface area contributed by atoms with Crippen molar-refractivity contribution in [3.05, 3.63) is 0 Å². The average Bonchev–Trinajstić information content (AvgIpc) is 1.88. The second-order valence-electron chi connectivity index (χ2n) is 3.63. The highest BCUT2D eigenvalue weighted by molar-refractivity contribution is 4.85. The van der Waals surface area contributed by atoms with Crippen molar-refractivity contribution in [3.63, 3.8) is 0 Å². The van der Waals surface area contributed by atoms with E-state index in [0.717, 1.165) is 19.3 Å². The summed E-state index contributed by atoms with van der Waals surface area (Å²) >= 11 is 0. The van der Waals surface area contributed by atoms with Gasteiger partial charge in [0.1, 0.15) is 0 Å². The van der Waals surface area contributed by atoms with Crippen molar-refractivity contribution in [1.29, 1.82) is 0 Å². The van der Waals surface area contributed by atoms with Crippen molar-refractivity contribution >= 4 is 0 Å². The Morgan fingerprint density at radius 1 is 1.70 bits per heavy atom. The highest BCUT2D eigenvalue weighted by Crippen LogP contribution is 2.30. The highest BCUT2D eigenvalue weighted by atomic mass is 16.3. The number of aliphatic hydroxyl groups is 1. The van der Waals surface area contributed by atoms with E-state index in [4.69, 9.17) is 5.73 Å². The molecule has 2 atom stereocenters. The average molecular weight is 143 g/mol. The Balaban J connectivity index is 2.45. The molecule has 0 aromatic heterocycles. The molecule has 1 fully saturated rings. The maximum atomic E-state index is 9.73. The summed E-state index contributed by atoms with van der Waals surface area (Å²) < 4.78 is 0. The minimum atomic E-state index is -0.530. The lowest BCUT2D eigenvalue weighted by Crippen LogP contribution is -2.41. The normalized spacial score (nSPS) is 41.7. The van der Waals surface area contributed by atoms with Crippen molar-refractivity contribution in [2.75, 3.05) is 6.54 Å². The fraction of sp³-hybridized carbons (Fsp3) is 1.00. The highest BCUT2D eigenvalue weighted by Gasteiger charge is 2.30. The quantitative estimate of drug-likeness (QED) is 0.572. The minimum absolute atomic E-state index is 0.428. The third-order valence-electron chi connectivity index (χ3n) is 2.45. The Hall–Kier alpha value is -0.0800. The van der Waals surface area contributed by atoms with Gasteiger partial charge in [-0.1, -0.05) is 19.8 Å². The lowest BCUT2D eigenvalue weighted by atomic mass is 9.79. The van der Waals surface area contributed by atoms with Crippen LogP contribution in [0.1, 0.15) is 32.6 Å². The third-order valence-corrected chi connectivity index (χ3v) is 2.45. The van der Waals surface area contributed by atoms with Gasteiger partial charge in [-0.3, -0.25) is 0 Å². The van der Waals surface area contributed by atoms with E-state index in [2.05, 4.69) is 6.92 Å². The van der Waals surface area contributed by atoms with Crippen molar-refractivity contribution in [3.8, 4) is 0 Å². The van der Waals surface area contributed by atoms with Crippen LogP contribution in [-0.2, 0) is 0 Å². The van der Waals surface area contributed by atoms with Crippen LogP contribution in [0.5, 0.6) is 0 Å². The Morgan fingerprint density at radius 2 is 2.40 bits per heavy atom. The molecule has 2 heteroatoms. The number of nitrogens with two attached hydrogens (primary N) is 1. The van der Waals surface area contributed by atoms with E-state index in [1.54, 1.807) is 0 Å². The lowest BCUT2D eigenvalue weighted by molar-refractivity contribution is -0.00446. The molecule has 1 rings (SSSR count). The summed E-state index contributed by atoms with van der Waals surface area (Å²) in [6.07, 6.45) is 4.18. The van der Waals surface area contributed by atoms with Crippen LogP contribution >= 0.6 is 0 Å². The van der Waals surface area contributed by atoms with E-state index < -0.39 is 5.60 Å². The molecule has 0 radical (unpaired) electrons. The maximum absolute atomic E-state index is 9.73. The largest absolute Gasteiger partial charge is 0.389 e. The topological polar surface area (TPSA) is 46.2 Å². The minimum Gasteiger partial charge on any atom is -0.389 e. The van der Waals surface area contributed by atoms with Crippen LogP contribution in [0.2, 0.25) is 0 Å². The monoisotopic (exact) mass is 143 g/mol. The molecule has 0 aromatic carbocycles. The molecule has 2 unspecified atom stereocenters. The first-order chi connectivity index (χ1) is 4.66. The molecule has 1 aliphatic rings. The van der Waals surface area contributed by atoms with Crippen LogP contribution in [0.15, 0.2) is 0 Å². The third kappa shape index (κ3) is 1.70. The molecule has 0 spiro atoms. The maximum Gasteiger partial charge on any atom is 0.0772 e. The molecule has 10 heavy (non-hydrogen) atoms. The van der Waals surface area contributed by atoms with E-state index in [0.29, 0.717) is 12.5 Å². The van der Waals surface area contributed by atoms with Gasteiger partial charge in [-0.15, -0.1) is 0 Å². The molecule has 0 saturated heterocycles. The van der Waals surface area contributed by atoms with Gasteiger partial charge in [0.05, 0.1) is 5.60 Å². The Bertz CT molecular complexity index is 116. The van der Waals surface area contributed by atoms with E-state index in [-0.39, 0.29) is 0 Å². The predicted octanol–water partition coefficient (Wildman–Crippen LogP) is 0.886. The van der Waals surface area contributed by atoms with Gasteiger partial charge in [0, 0.05) is 6.54 Å². The van der Waals surface area contributed by atoms with Gasteiger partial charge in [0.2, 0.25) is 0 Å². The van der Waals surface area contributed by atoms with Crippen LogP contribution in [0.25, 0.3) is 0 Å². The first-order valence-electron chi connectivity index (χ1n) is 4.09.